The number of carbonyl (C=O) groups is 2. The normalized spacial score (nSPS) is 15.2. The Morgan fingerprint density at radius 2 is 1.80 bits per heavy atom. The second-order valence-electron chi connectivity index (χ2n) is 10.8. The lowest BCUT2D eigenvalue weighted by atomic mass is 9.90. The van der Waals surface area contributed by atoms with Crippen LogP contribution in [-0.2, 0) is 29.2 Å². The van der Waals surface area contributed by atoms with Crippen LogP contribution in [0.1, 0.15) is 37.6 Å². The molecule has 208 valence electrons. The van der Waals surface area contributed by atoms with Crippen LogP contribution in [0.3, 0.4) is 0 Å². The highest BCUT2D eigenvalue weighted by Gasteiger charge is 2.45. The van der Waals surface area contributed by atoms with E-state index in [1.807, 2.05) is 44.2 Å². The number of fused-ring (bicyclic) bond motifs is 2. The zero-order valence-electron chi connectivity index (χ0n) is 23.7. The third kappa shape index (κ3) is 4.93. The Morgan fingerprint density at radius 3 is 2.55 bits per heavy atom. The van der Waals surface area contributed by atoms with Crippen molar-refractivity contribution in [2.75, 3.05) is 29.9 Å². The van der Waals surface area contributed by atoms with E-state index in [1.54, 1.807) is 53.7 Å². The topological polar surface area (TPSA) is 91.9 Å². The minimum absolute atomic E-state index is 0.0825. The fourth-order valence-electron chi connectivity index (χ4n) is 5.37. The number of aryl methyl sites for hydroxylation is 1. The van der Waals surface area contributed by atoms with Gasteiger partial charge < -0.3 is 18.8 Å². The first-order valence-electron chi connectivity index (χ1n) is 13.5. The minimum Gasteiger partial charge on any atom is -0.464 e. The van der Waals surface area contributed by atoms with Crippen molar-refractivity contribution in [1.82, 2.24) is 14.5 Å². The number of hydrogen-bond donors (Lipinski definition) is 0. The third-order valence-corrected chi connectivity index (χ3v) is 7.79. The van der Waals surface area contributed by atoms with Crippen molar-refractivity contribution in [2.24, 2.45) is 5.41 Å². The summed E-state index contributed by atoms with van der Waals surface area (Å²) in [5.41, 5.74) is 3.84. The van der Waals surface area contributed by atoms with Crippen molar-refractivity contribution in [2.45, 2.75) is 47.3 Å². The van der Waals surface area contributed by atoms with E-state index in [0.29, 0.717) is 49.4 Å². The molecule has 3 aromatic heterocycles. The zero-order chi connectivity index (χ0) is 28.6. The van der Waals surface area contributed by atoms with Crippen LogP contribution in [0.4, 0.5) is 11.4 Å². The molecule has 0 bridgehead atoms. The van der Waals surface area contributed by atoms with Crippen molar-refractivity contribution >= 4 is 34.2 Å². The largest absolute Gasteiger partial charge is 0.464 e. The molecule has 9 nitrogen and oxygen atoms in total. The van der Waals surface area contributed by atoms with Gasteiger partial charge in [-0.25, -0.2) is 0 Å². The molecular formula is C31H35N5O4. The number of hydrogen-bond acceptors (Lipinski definition) is 6. The lowest BCUT2D eigenvalue weighted by Gasteiger charge is -2.27. The first-order chi connectivity index (χ1) is 19.1. The van der Waals surface area contributed by atoms with Crippen LogP contribution in [0, 0.1) is 12.3 Å². The fourth-order valence-corrected chi connectivity index (χ4v) is 5.37. The van der Waals surface area contributed by atoms with Gasteiger partial charge >= 0.3 is 0 Å². The molecule has 0 unspecified atom stereocenters. The van der Waals surface area contributed by atoms with Crippen LogP contribution in [0.5, 0.6) is 0 Å². The summed E-state index contributed by atoms with van der Waals surface area (Å²) in [4.78, 5) is 49.5. The molecule has 1 aromatic carbocycles. The van der Waals surface area contributed by atoms with E-state index >= 15 is 0 Å². The highest BCUT2D eigenvalue weighted by molar-refractivity contribution is 6.19. The van der Waals surface area contributed by atoms with Crippen molar-refractivity contribution in [3.05, 3.63) is 88.3 Å². The molecule has 40 heavy (non-hydrogen) atoms. The molecule has 0 saturated carbocycles. The summed E-state index contributed by atoms with van der Waals surface area (Å²) in [7, 11) is 1.73. The van der Waals surface area contributed by atoms with Gasteiger partial charge in [-0.05, 0) is 69.2 Å². The monoisotopic (exact) mass is 541 g/mol. The summed E-state index contributed by atoms with van der Waals surface area (Å²) in [6.07, 6.45) is 5.08. The number of furan rings is 1. The first-order valence-corrected chi connectivity index (χ1v) is 13.5. The van der Waals surface area contributed by atoms with E-state index in [9.17, 15) is 14.4 Å². The van der Waals surface area contributed by atoms with E-state index in [1.165, 1.54) is 6.26 Å². The van der Waals surface area contributed by atoms with Crippen LogP contribution >= 0.6 is 0 Å². The molecule has 0 spiro atoms. The van der Waals surface area contributed by atoms with Gasteiger partial charge in [0.2, 0.25) is 11.8 Å². The molecule has 4 heterocycles. The molecule has 0 saturated heterocycles. The third-order valence-electron chi connectivity index (χ3n) is 7.79. The lowest BCUT2D eigenvalue weighted by molar-refractivity contribution is -0.137. The van der Waals surface area contributed by atoms with Crippen LogP contribution in [0.25, 0.3) is 11.0 Å². The average Bonchev–Trinajstić information content (AvgIpc) is 3.42. The molecular weight excluding hydrogens is 506 g/mol. The number of amides is 2. The molecule has 1 aliphatic rings. The minimum atomic E-state index is -1.16. The Hall–Kier alpha value is -4.24. The number of anilines is 2. The number of aromatic nitrogens is 2. The Kier molecular flexibility index (Phi) is 7.33. The van der Waals surface area contributed by atoms with Crippen molar-refractivity contribution in [3.63, 3.8) is 0 Å². The van der Waals surface area contributed by atoms with Crippen molar-refractivity contribution < 1.29 is 14.0 Å². The Morgan fingerprint density at radius 1 is 1.00 bits per heavy atom. The molecule has 0 atom stereocenters. The molecule has 0 fully saturated rings. The van der Waals surface area contributed by atoms with Crippen molar-refractivity contribution in [1.29, 1.82) is 0 Å². The van der Waals surface area contributed by atoms with Gasteiger partial charge in [0.05, 0.1) is 23.0 Å². The first kappa shape index (κ1) is 27.3. The Balaban J connectivity index is 1.46. The molecule has 4 aromatic rings. The summed E-state index contributed by atoms with van der Waals surface area (Å²) in [5.74, 6) is -0.434. The average molecular weight is 542 g/mol. The number of carbonyl (C=O) groups excluding carboxylic acids is 2. The molecule has 0 aliphatic carbocycles. The number of benzene rings is 1. The van der Waals surface area contributed by atoms with Crippen LogP contribution < -0.4 is 15.4 Å². The van der Waals surface area contributed by atoms with Crippen molar-refractivity contribution in [3.8, 4) is 0 Å². The maximum absolute atomic E-state index is 13.3. The molecule has 2 amide bonds. The predicted octanol–water partition coefficient (Wildman–Crippen LogP) is 4.36. The van der Waals surface area contributed by atoms with E-state index in [4.69, 9.17) is 4.42 Å². The molecule has 0 radical (unpaired) electrons. The molecule has 1 aliphatic heterocycles. The van der Waals surface area contributed by atoms with Gasteiger partial charge in [-0.1, -0.05) is 12.1 Å². The van der Waals surface area contributed by atoms with Gasteiger partial charge in [-0.2, -0.15) is 0 Å². The van der Waals surface area contributed by atoms with Gasteiger partial charge in [0.25, 0.3) is 5.56 Å². The van der Waals surface area contributed by atoms with E-state index in [2.05, 4.69) is 16.0 Å². The summed E-state index contributed by atoms with van der Waals surface area (Å²) in [6.45, 7) is 10.1. The number of nitrogens with zero attached hydrogens (tertiary/aromatic N) is 5. The second kappa shape index (κ2) is 10.7. The van der Waals surface area contributed by atoms with Gasteiger partial charge in [-0.15, -0.1) is 0 Å². The van der Waals surface area contributed by atoms with Gasteiger partial charge in [0, 0.05) is 57.9 Å². The summed E-state index contributed by atoms with van der Waals surface area (Å²) < 4.78 is 7.08. The fraction of sp³-hybridized carbons (Fsp3) is 0.355. The van der Waals surface area contributed by atoms with Crippen LogP contribution in [-0.4, -0.2) is 46.4 Å². The number of rotatable bonds is 8. The van der Waals surface area contributed by atoms with Crippen LogP contribution in [0.2, 0.25) is 0 Å². The summed E-state index contributed by atoms with van der Waals surface area (Å²) >= 11 is 0. The molecule has 9 heteroatoms. The van der Waals surface area contributed by atoms with Crippen LogP contribution in [0.15, 0.2) is 70.3 Å². The zero-order valence-corrected chi connectivity index (χ0v) is 23.7. The molecule has 5 rings (SSSR count). The standard InChI is InChI=1S/C31H35N5O4/c1-6-36-25-10-9-22(18-26(25)33(5)29(38)31(3,4)30(36)39)19-34(20-23-8-7-13-32-21(23)2)15-16-35-14-11-27-24(28(35)37)12-17-40-27/h7-14,17-18H,6,15-16,19-20H2,1-5H3. The predicted molar refractivity (Wildman–Crippen MR) is 155 cm³/mol. The smallest absolute Gasteiger partial charge is 0.261 e. The Bertz CT molecular complexity index is 1640. The van der Waals surface area contributed by atoms with Gasteiger partial charge in [0.15, 0.2) is 0 Å². The van der Waals surface area contributed by atoms with E-state index in [0.717, 1.165) is 22.5 Å². The second-order valence-corrected chi connectivity index (χ2v) is 10.8. The summed E-state index contributed by atoms with van der Waals surface area (Å²) in [6, 6.07) is 13.4. The van der Waals surface area contributed by atoms with Gasteiger partial charge in [0.1, 0.15) is 11.0 Å². The number of pyridine rings is 2. The SMILES string of the molecule is CCN1C(=O)C(C)(C)C(=O)N(C)c2cc(CN(CCn3ccc4occc4c3=O)Cc3cccnc3C)ccc21. The van der Waals surface area contributed by atoms with E-state index in [-0.39, 0.29) is 17.4 Å². The maximum atomic E-state index is 13.3. The maximum Gasteiger partial charge on any atom is 0.261 e. The highest BCUT2D eigenvalue weighted by atomic mass is 16.3. The lowest BCUT2D eigenvalue weighted by Crippen LogP contribution is -2.47. The summed E-state index contributed by atoms with van der Waals surface area (Å²) in [5, 5.41) is 0.563. The highest BCUT2D eigenvalue weighted by Crippen LogP contribution is 2.39. The Labute approximate surface area is 233 Å². The molecule has 0 N–H and O–H groups in total. The quantitative estimate of drug-likeness (QED) is 0.308. The van der Waals surface area contributed by atoms with Gasteiger partial charge in [-0.3, -0.25) is 24.3 Å². The van der Waals surface area contributed by atoms with E-state index < -0.39 is 5.41 Å².